The van der Waals surface area contributed by atoms with Crippen molar-refractivity contribution < 1.29 is 13.5 Å². The van der Waals surface area contributed by atoms with E-state index in [0.717, 1.165) is 12.1 Å². The molecular formula is C18H15BrF2N4O2. The van der Waals surface area contributed by atoms with Crippen LogP contribution < -0.4 is 10.3 Å². The normalized spacial score (nSPS) is 10.9. The zero-order valence-corrected chi connectivity index (χ0v) is 16.1. The van der Waals surface area contributed by atoms with Crippen molar-refractivity contribution in [2.45, 2.75) is 27.0 Å². The molecule has 0 unspecified atom stereocenters. The number of aromatic nitrogens is 4. The number of hydrogen-bond donors (Lipinski definition) is 0. The average Bonchev–Trinajstić information content (AvgIpc) is 2.63. The maximum absolute atomic E-state index is 13.7. The molecule has 0 amide bonds. The van der Waals surface area contributed by atoms with Gasteiger partial charge in [0.25, 0.3) is 5.56 Å². The Balaban J connectivity index is 1.83. The maximum Gasteiger partial charge on any atom is 0.269 e. The smallest absolute Gasteiger partial charge is 0.269 e. The minimum Gasteiger partial charge on any atom is -0.487 e. The first kappa shape index (κ1) is 19.1. The lowest BCUT2D eigenvalue weighted by Crippen LogP contribution is -2.25. The molecule has 1 aromatic carbocycles. The number of nitrogens with zero attached hydrogens (tertiary/aromatic N) is 4. The van der Waals surface area contributed by atoms with Crippen LogP contribution in [0, 0.1) is 25.5 Å². The van der Waals surface area contributed by atoms with Crippen LogP contribution in [0.15, 0.2) is 39.7 Å². The number of rotatable bonds is 5. The highest BCUT2D eigenvalue weighted by Crippen LogP contribution is 2.24. The summed E-state index contributed by atoms with van der Waals surface area (Å²) in [5.74, 6) is -0.558. The van der Waals surface area contributed by atoms with Gasteiger partial charge in [-0.2, -0.15) is 5.10 Å². The summed E-state index contributed by atoms with van der Waals surface area (Å²) in [5.41, 5.74) is 1.03. The first-order valence-corrected chi connectivity index (χ1v) is 8.76. The Morgan fingerprint density at radius 2 is 1.96 bits per heavy atom. The number of benzene rings is 1. The van der Waals surface area contributed by atoms with Crippen LogP contribution in [-0.2, 0) is 13.2 Å². The molecule has 9 heteroatoms. The Bertz CT molecular complexity index is 1040. The van der Waals surface area contributed by atoms with Gasteiger partial charge in [0.15, 0.2) is 0 Å². The van der Waals surface area contributed by atoms with Gasteiger partial charge in [0, 0.05) is 23.4 Å². The molecule has 0 fully saturated rings. The molecule has 0 spiro atoms. The van der Waals surface area contributed by atoms with Crippen molar-refractivity contribution in [3.8, 4) is 5.75 Å². The van der Waals surface area contributed by atoms with E-state index in [1.807, 2.05) is 0 Å². The van der Waals surface area contributed by atoms with Gasteiger partial charge in [-0.05, 0) is 41.9 Å². The Morgan fingerprint density at radius 3 is 2.63 bits per heavy atom. The first-order chi connectivity index (χ1) is 12.8. The molecule has 140 valence electrons. The Morgan fingerprint density at radius 1 is 1.19 bits per heavy atom. The molecule has 0 radical (unpaired) electrons. The van der Waals surface area contributed by atoms with Crippen LogP contribution in [0.2, 0.25) is 0 Å². The summed E-state index contributed by atoms with van der Waals surface area (Å²) in [7, 11) is 0. The van der Waals surface area contributed by atoms with Gasteiger partial charge in [-0.15, -0.1) is 5.10 Å². The van der Waals surface area contributed by atoms with Crippen LogP contribution in [0.5, 0.6) is 5.75 Å². The van der Waals surface area contributed by atoms with E-state index in [0.29, 0.717) is 17.2 Å². The van der Waals surface area contributed by atoms with Gasteiger partial charge < -0.3 is 9.30 Å². The Labute approximate surface area is 162 Å². The highest BCUT2D eigenvalue weighted by Gasteiger charge is 2.14. The molecule has 2 aromatic heterocycles. The molecule has 2 heterocycles. The topological polar surface area (TPSA) is 69.9 Å². The molecule has 0 aliphatic heterocycles. The van der Waals surface area contributed by atoms with Crippen LogP contribution in [0.1, 0.15) is 22.8 Å². The Kier molecular flexibility index (Phi) is 5.59. The predicted molar refractivity (Wildman–Crippen MR) is 97.5 cm³/mol. The molecule has 6 nitrogen and oxygen atoms in total. The lowest BCUT2D eigenvalue weighted by atomic mass is 10.2. The van der Waals surface area contributed by atoms with Crippen LogP contribution in [0.25, 0.3) is 0 Å². The zero-order chi connectivity index (χ0) is 19.6. The van der Waals surface area contributed by atoms with Crippen LogP contribution in [-0.4, -0.2) is 19.7 Å². The summed E-state index contributed by atoms with van der Waals surface area (Å²) >= 11 is 3.23. The summed E-state index contributed by atoms with van der Waals surface area (Å²) in [6.07, 6.45) is 1.56. The fourth-order valence-corrected chi connectivity index (χ4v) is 2.84. The largest absolute Gasteiger partial charge is 0.487 e. The van der Waals surface area contributed by atoms with Crippen molar-refractivity contribution in [3.05, 3.63) is 79.7 Å². The summed E-state index contributed by atoms with van der Waals surface area (Å²) < 4.78 is 34.0. The number of hydrogen-bond acceptors (Lipinski definition) is 5. The van der Waals surface area contributed by atoms with Crippen molar-refractivity contribution in [2.75, 3.05) is 0 Å². The number of aryl methyl sites for hydroxylation is 2. The fourth-order valence-electron chi connectivity index (χ4n) is 2.40. The lowest BCUT2D eigenvalue weighted by Gasteiger charge is -2.14. The molecule has 0 aliphatic carbocycles. The first-order valence-electron chi connectivity index (χ1n) is 7.97. The highest BCUT2D eigenvalue weighted by molar-refractivity contribution is 9.10. The third-order valence-corrected chi connectivity index (χ3v) is 4.59. The van der Waals surface area contributed by atoms with Gasteiger partial charge in [0.1, 0.15) is 40.0 Å². The van der Waals surface area contributed by atoms with Gasteiger partial charge in [0.2, 0.25) is 0 Å². The lowest BCUT2D eigenvalue weighted by molar-refractivity contribution is 0.295. The second kappa shape index (κ2) is 7.91. The van der Waals surface area contributed by atoms with E-state index in [2.05, 4.69) is 31.1 Å². The standard InChI is InChI=1S/C18H15BrF2N4O2/c1-10-5-16(27-9-12-3-4-13(20)6-15(12)21)17(19)18(26)25(10)8-14-7-22-11(2)23-24-14/h3-7H,8-9H2,1-2H3. The number of ether oxygens (including phenoxy) is 1. The van der Waals surface area contributed by atoms with Crippen molar-refractivity contribution >= 4 is 15.9 Å². The minimum atomic E-state index is -0.707. The van der Waals surface area contributed by atoms with Crippen LogP contribution in [0.3, 0.4) is 0 Å². The van der Waals surface area contributed by atoms with E-state index >= 15 is 0 Å². The highest BCUT2D eigenvalue weighted by atomic mass is 79.9. The average molecular weight is 437 g/mol. The van der Waals surface area contributed by atoms with Gasteiger partial charge in [-0.1, -0.05) is 0 Å². The third-order valence-electron chi connectivity index (χ3n) is 3.86. The monoisotopic (exact) mass is 436 g/mol. The second-order valence-electron chi connectivity index (χ2n) is 5.88. The predicted octanol–water partition coefficient (Wildman–Crippen LogP) is 3.32. The summed E-state index contributed by atoms with van der Waals surface area (Å²) in [6.45, 7) is 3.53. The molecule has 3 aromatic rings. The summed E-state index contributed by atoms with van der Waals surface area (Å²) in [6, 6.07) is 4.89. The molecule has 0 saturated heterocycles. The third kappa shape index (κ3) is 4.36. The molecule has 0 atom stereocenters. The molecule has 27 heavy (non-hydrogen) atoms. The fraction of sp³-hybridized carbons (Fsp3) is 0.222. The second-order valence-corrected chi connectivity index (χ2v) is 6.67. The van der Waals surface area contributed by atoms with Gasteiger partial charge >= 0.3 is 0 Å². The number of halogens is 3. The van der Waals surface area contributed by atoms with E-state index in [1.165, 1.54) is 10.6 Å². The van der Waals surface area contributed by atoms with Crippen molar-refractivity contribution in [3.63, 3.8) is 0 Å². The van der Waals surface area contributed by atoms with Crippen molar-refractivity contribution in [2.24, 2.45) is 0 Å². The van der Waals surface area contributed by atoms with Crippen molar-refractivity contribution in [1.82, 2.24) is 19.7 Å². The van der Waals surface area contributed by atoms with E-state index in [1.54, 1.807) is 26.1 Å². The molecule has 3 rings (SSSR count). The van der Waals surface area contributed by atoms with Crippen LogP contribution in [0.4, 0.5) is 8.78 Å². The van der Waals surface area contributed by atoms with Gasteiger partial charge in [-0.25, -0.2) is 13.8 Å². The maximum atomic E-state index is 13.7. The van der Waals surface area contributed by atoms with E-state index in [9.17, 15) is 13.6 Å². The van der Waals surface area contributed by atoms with Crippen LogP contribution >= 0.6 is 15.9 Å². The quantitative estimate of drug-likeness (QED) is 0.613. The summed E-state index contributed by atoms with van der Waals surface area (Å²) in [5, 5.41) is 7.89. The SMILES string of the molecule is Cc1ncc(Cn2c(C)cc(OCc3ccc(F)cc3F)c(Br)c2=O)nn1. The van der Waals surface area contributed by atoms with Gasteiger partial charge in [-0.3, -0.25) is 4.79 Å². The molecule has 0 N–H and O–H groups in total. The summed E-state index contributed by atoms with van der Waals surface area (Å²) in [4.78, 5) is 16.7. The molecular weight excluding hydrogens is 422 g/mol. The van der Waals surface area contributed by atoms with E-state index in [4.69, 9.17) is 4.74 Å². The Hall–Kier alpha value is -2.68. The number of pyridine rings is 1. The molecule has 0 aliphatic rings. The minimum absolute atomic E-state index is 0.138. The van der Waals surface area contributed by atoms with E-state index < -0.39 is 11.6 Å². The zero-order valence-electron chi connectivity index (χ0n) is 14.5. The molecule has 0 bridgehead atoms. The van der Waals surface area contributed by atoms with Crippen molar-refractivity contribution in [1.29, 1.82) is 0 Å². The van der Waals surface area contributed by atoms with E-state index in [-0.39, 0.29) is 34.5 Å². The van der Waals surface area contributed by atoms with Gasteiger partial charge in [0.05, 0.1) is 12.7 Å². The molecule has 0 saturated carbocycles.